The van der Waals surface area contributed by atoms with Crippen molar-refractivity contribution in [3.8, 4) is 5.75 Å². The third-order valence-electron chi connectivity index (χ3n) is 2.34. The molecule has 0 saturated carbocycles. The summed E-state index contributed by atoms with van der Waals surface area (Å²) in [6.45, 7) is 1.20. The Morgan fingerprint density at radius 1 is 1.35 bits per heavy atom. The number of rotatable bonds is 3. The van der Waals surface area contributed by atoms with Crippen LogP contribution in [-0.4, -0.2) is 34.0 Å². The predicted molar refractivity (Wildman–Crippen MR) is 56.9 cm³/mol. The smallest absolute Gasteiger partial charge is 0.331 e. The summed E-state index contributed by atoms with van der Waals surface area (Å²) in [5, 5.41) is 18.2. The first-order valence-electron chi connectivity index (χ1n) is 4.78. The third kappa shape index (κ3) is 2.93. The summed E-state index contributed by atoms with van der Waals surface area (Å²) >= 11 is 0. The molecule has 1 aromatic carbocycles. The summed E-state index contributed by atoms with van der Waals surface area (Å²) in [5.41, 5.74) is 0.00713. The molecule has 0 aliphatic rings. The molecule has 0 bridgehead atoms. The number of aliphatic carboxylic acids is 1. The van der Waals surface area contributed by atoms with Crippen molar-refractivity contribution in [3.63, 3.8) is 0 Å². The van der Waals surface area contributed by atoms with Crippen molar-refractivity contribution in [2.45, 2.75) is 13.0 Å². The highest BCUT2D eigenvalue weighted by Crippen LogP contribution is 2.24. The van der Waals surface area contributed by atoms with Crippen molar-refractivity contribution in [3.05, 3.63) is 29.6 Å². The Bertz CT molecular complexity index is 441. The number of carboxylic acids is 1. The van der Waals surface area contributed by atoms with Gasteiger partial charge >= 0.3 is 5.97 Å². The normalized spacial score (nSPS) is 11.9. The van der Waals surface area contributed by atoms with Crippen LogP contribution in [0.1, 0.15) is 18.5 Å². The number of hydrogen-bond acceptors (Lipinski definition) is 3. The summed E-state index contributed by atoms with van der Waals surface area (Å²) in [6.07, 6.45) is 0. The van der Waals surface area contributed by atoms with Crippen LogP contribution in [0.15, 0.2) is 18.2 Å². The highest BCUT2D eigenvalue weighted by Gasteiger charge is 2.27. The highest BCUT2D eigenvalue weighted by molar-refractivity contribution is 5.83. The number of phenolic OH excluding ortho intramolecular Hbond substituents is 1. The van der Waals surface area contributed by atoms with E-state index in [9.17, 15) is 19.1 Å². The van der Waals surface area contributed by atoms with E-state index >= 15 is 0 Å². The number of likely N-dealkylation sites (N-methyl/N-ethyl adjacent to an activating group) is 1. The molecule has 0 heterocycles. The van der Waals surface area contributed by atoms with Gasteiger partial charge in [0.05, 0.1) is 0 Å². The molecule has 1 aromatic rings. The molecule has 2 N–H and O–H groups in total. The van der Waals surface area contributed by atoms with Gasteiger partial charge in [-0.1, -0.05) is 0 Å². The fourth-order valence-electron chi connectivity index (χ4n) is 1.47. The lowest BCUT2D eigenvalue weighted by atomic mass is 10.1. The Morgan fingerprint density at radius 3 is 2.35 bits per heavy atom. The second kappa shape index (κ2) is 4.82. The van der Waals surface area contributed by atoms with Gasteiger partial charge in [0.2, 0.25) is 5.91 Å². The minimum atomic E-state index is -1.32. The number of amides is 1. The summed E-state index contributed by atoms with van der Waals surface area (Å²) in [4.78, 5) is 23.2. The summed E-state index contributed by atoms with van der Waals surface area (Å²) < 4.78 is 13.1. The Balaban J connectivity index is 3.23. The van der Waals surface area contributed by atoms with Crippen LogP contribution in [0.5, 0.6) is 5.75 Å². The first-order valence-corrected chi connectivity index (χ1v) is 4.78. The number of carboxylic acid groups (broad SMARTS) is 1. The molecule has 1 atom stereocenters. The van der Waals surface area contributed by atoms with Crippen molar-refractivity contribution < 1.29 is 24.2 Å². The average Bonchev–Trinajstić information content (AvgIpc) is 2.15. The number of nitrogens with zero attached hydrogens (tertiary/aromatic N) is 1. The monoisotopic (exact) mass is 241 g/mol. The van der Waals surface area contributed by atoms with Gasteiger partial charge in [-0.05, 0) is 17.7 Å². The Kier molecular flexibility index (Phi) is 3.67. The molecule has 0 radical (unpaired) electrons. The Hall–Kier alpha value is -2.11. The number of hydrogen-bond donors (Lipinski definition) is 2. The lowest BCUT2D eigenvalue weighted by molar-refractivity contribution is -0.148. The van der Waals surface area contributed by atoms with Crippen molar-refractivity contribution in [2.75, 3.05) is 7.05 Å². The van der Waals surface area contributed by atoms with Gasteiger partial charge < -0.3 is 15.1 Å². The molecule has 17 heavy (non-hydrogen) atoms. The number of benzene rings is 1. The first-order chi connectivity index (χ1) is 7.82. The first kappa shape index (κ1) is 13.0. The van der Waals surface area contributed by atoms with Crippen LogP contribution in [0.4, 0.5) is 4.39 Å². The van der Waals surface area contributed by atoms with Crippen LogP contribution in [0.2, 0.25) is 0 Å². The zero-order chi connectivity index (χ0) is 13.2. The zero-order valence-corrected chi connectivity index (χ0v) is 9.35. The van der Waals surface area contributed by atoms with E-state index in [0.717, 1.165) is 23.1 Å². The molecule has 1 amide bonds. The number of halogens is 1. The SMILES string of the molecule is CC(=O)N(C)C(C(=O)O)c1cc(O)cc(F)c1. The quantitative estimate of drug-likeness (QED) is 0.831. The molecule has 92 valence electrons. The van der Waals surface area contributed by atoms with Gasteiger partial charge in [0.15, 0.2) is 6.04 Å². The van der Waals surface area contributed by atoms with Gasteiger partial charge in [-0.25, -0.2) is 9.18 Å². The number of carbonyl (C=O) groups is 2. The minimum absolute atomic E-state index is 0.00713. The lowest BCUT2D eigenvalue weighted by Crippen LogP contribution is -2.34. The molecule has 0 aliphatic heterocycles. The Morgan fingerprint density at radius 2 is 1.94 bits per heavy atom. The van der Waals surface area contributed by atoms with Gasteiger partial charge in [-0.15, -0.1) is 0 Å². The topological polar surface area (TPSA) is 77.8 Å². The van der Waals surface area contributed by atoms with Gasteiger partial charge in [-0.2, -0.15) is 0 Å². The van der Waals surface area contributed by atoms with E-state index in [-0.39, 0.29) is 11.3 Å². The van der Waals surface area contributed by atoms with E-state index in [1.54, 1.807) is 0 Å². The van der Waals surface area contributed by atoms with Crippen LogP contribution in [0.25, 0.3) is 0 Å². The van der Waals surface area contributed by atoms with Gasteiger partial charge in [-0.3, -0.25) is 4.79 Å². The fourth-order valence-corrected chi connectivity index (χ4v) is 1.47. The maximum absolute atomic E-state index is 13.1. The van der Waals surface area contributed by atoms with Crippen molar-refractivity contribution in [1.82, 2.24) is 4.90 Å². The fraction of sp³-hybridized carbons (Fsp3) is 0.273. The van der Waals surface area contributed by atoms with Crippen LogP contribution in [0, 0.1) is 5.82 Å². The lowest BCUT2D eigenvalue weighted by Gasteiger charge is -2.23. The van der Waals surface area contributed by atoms with Crippen LogP contribution >= 0.6 is 0 Å². The predicted octanol–water partition coefficient (Wildman–Crippen LogP) is 1.14. The van der Waals surface area contributed by atoms with Crippen molar-refractivity contribution >= 4 is 11.9 Å². The van der Waals surface area contributed by atoms with Gasteiger partial charge in [0.25, 0.3) is 0 Å². The molecule has 1 unspecified atom stereocenters. The standard InChI is InChI=1S/C11H12FNO4/c1-6(14)13(2)10(11(16)17)7-3-8(12)5-9(15)4-7/h3-5,10,15H,1-2H3,(H,16,17). The number of carbonyl (C=O) groups excluding carboxylic acids is 1. The summed E-state index contributed by atoms with van der Waals surface area (Å²) in [5.74, 6) is -2.92. The van der Waals surface area contributed by atoms with Crippen LogP contribution < -0.4 is 0 Å². The van der Waals surface area contributed by atoms with Gasteiger partial charge in [0.1, 0.15) is 11.6 Å². The molecule has 0 aromatic heterocycles. The third-order valence-corrected chi connectivity index (χ3v) is 2.34. The number of aromatic hydroxyl groups is 1. The largest absolute Gasteiger partial charge is 0.508 e. The Labute approximate surface area is 97.1 Å². The summed E-state index contributed by atoms with van der Waals surface area (Å²) in [7, 11) is 1.29. The molecular weight excluding hydrogens is 229 g/mol. The molecule has 5 nitrogen and oxygen atoms in total. The average molecular weight is 241 g/mol. The van der Waals surface area contributed by atoms with E-state index in [0.29, 0.717) is 0 Å². The van der Waals surface area contributed by atoms with Gasteiger partial charge in [0, 0.05) is 20.0 Å². The second-order valence-corrected chi connectivity index (χ2v) is 3.61. The molecule has 0 aliphatic carbocycles. The summed E-state index contributed by atoms with van der Waals surface area (Å²) in [6, 6.07) is 1.62. The van der Waals surface area contributed by atoms with E-state index < -0.39 is 23.7 Å². The van der Waals surface area contributed by atoms with E-state index in [1.807, 2.05) is 0 Å². The van der Waals surface area contributed by atoms with Crippen molar-refractivity contribution in [1.29, 1.82) is 0 Å². The van der Waals surface area contributed by atoms with Crippen LogP contribution in [0.3, 0.4) is 0 Å². The second-order valence-electron chi connectivity index (χ2n) is 3.61. The van der Waals surface area contributed by atoms with E-state index in [2.05, 4.69) is 0 Å². The molecule has 6 heteroatoms. The minimum Gasteiger partial charge on any atom is -0.508 e. The highest BCUT2D eigenvalue weighted by atomic mass is 19.1. The molecule has 0 spiro atoms. The molecule has 0 saturated heterocycles. The van der Waals surface area contributed by atoms with Crippen molar-refractivity contribution in [2.24, 2.45) is 0 Å². The van der Waals surface area contributed by atoms with Crippen LogP contribution in [-0.2, 0) is 9.59 Å². The molecule has 0 fully saturated rings. The van der Waals surface area contributed by atoms with E-state index in [1.165, 1.54) is 14.0 Å². The zero-order valence-electron chi connectivity index (χ0n) is 9.35. The van der Waals surface area contributed by atoms with E-state index in [4.69, 9.17) is 5.11 Å². The maximum atomic E-state index is 13.1. The number of phenols is 1. The molecule has 1 rings (SSSR count). The molecular formula is C11H12FNO4. The maximum Gasteiger partial charge on any atom is 0.331 e.